The number of para-hydroxylation sites is 1. The zero-order chi connectivity index (χ0) is 17.1. The van der Waals surface area contributed by atoms with Crippen molar-refractivity contribution < 1.29 is 15.0 Å². The van der Waals surface area contributed by atoms with E-state index in [1.807, 2.05) is 0 Å². The van der Waals surface area contributed by atoms with Crippen LogP contribution in [0.1, 0.15) is 10.4 Å². The maximum absolute atomic E-state index is 11.3. The molecule has 1 aromatic carbocycles. The summed E-state index contributed by atoms with van der Waals surface area (Å²) in [5.74, 6) is -1.31. The van der Waals surface area contributed by atoms with Crippen molar-refractivity contribution in [1.82, 2.24) is 19.1 Å². The SMILES string of the molecule is Cn1cnc2c1c(=O)[nH]c(=O)n2C.O=C(O)c1ccccc1O.[CaH2]. The van der Waals surface area contributed by atoms with Gasteiger partial charge in [-0.15, -0.1) is 0 Å². The van der Waals surface area contributed by atoms with Crippen molar-refractivity contribution in [3.05, 3.63) is 57.0 Å². The van der Waals surface area contributed by atoms with Crippen molar-refractivity contribution in [2.45, 2.75) is 0 Å². The number of carbonyl (C=O) groups is 1. The molecule has 0 unspecified atom stereocenters. The molecular formula is C14H16CaN4O5. The van der Waals surface area contributed by atoms with Gasteiger partial charge in [0.1, 0.15) is 11.3 Å². The number of benzene rings is 1. The van der Waals surface area contributed by atoms with Crippen LogP contribution in [0.25, 0.3) is 11.2 Å². The van der Waals surface area contributed by atoms with Crippen LogP contribution in [0.3, 0.4) is 0 Å². The van der Waals surface area contributed by atoms with Crippen molar-refractivity contribution in [3.63, 3.8) is 0 Å². The van der Waals surface area contributed by atoms with E-state index < -0.39 is 17.2 Å². The number of hydrogen-bond donors (Lipinski definition) is 3. The van der Waals surface area contributed by atoms with E-state index in [4.69, 9.17) is 10.2 Å². The summed E-state index contributed by atoms with van der Waals surface area (Å²) in [4.78, 5) is 38.8. The molecule has 0 atom stereocenters. The minimum atomic E-state index is -1.11. The van der Waals surface area contributed by atoms with E-state index in [9.17, 15) is 14.4 Å². The maximum atomic E-state index is 11.3. The second-order valence-electron chi connectivity index (χ2n) is 4.67. The summed E-state index contributed by atoms with van der Waals surface area (Å²) in [6, 6.07) is 5.81. The first-order chi connectivity index (χ1) is 10.8. The van der Waals surface area contributed by atoms with E-state index >= 15 is 0 Å². The number of aromatic carboxylic acids is 1. The van der Waals surface area contributed by atoms with Gasteiger partial charge in [0.15, 0.2) is 11.2 Å². The van der Waals surface area contributed by atoms with Gasteiger partial charge in [-0.05, 0) is 12.1 Å². The number of rotatable bonds is 1. The molecule has 2 heterocycles. The number of hydrogen-bond acceptors (Lipinski definition) is 5. The molecule has 0 saturated heterocycles. The molecule has 10 heteroatoms. The van der Waals surface area contributed by atoms with Gasteiger partial charge >= 0.3 is 49.4 Å². The Labute approximate surface area is 165 Å². The molecule has 3 N–H and O–H groups in total. The Kier molecular flexibility index (Phi) is 6.76. The number of nitrogens with zero attached hydrogens (tertiary/aromatic N) is 3. The molecular weight excluding hydrogens is 344 g/mol. The number of H-pyrrole nitrogens is 1. The third-order valence-electron chi connectivity index (χ3n) is 3.11. The first-order valence-electron chi connectivity index (χ1n) is 6.44. The Balaban J connectivity index is 0.000000238. The molecule has 0 aliphatic rings. The monoisotopic (exact) mass is 360 g/mol. The molecule has 24 heavy (non-hydrogen) atoms. The fraction of sp³-hybridized carbons (Fsp3) is 0.143. The summed E-state index contributed by atoms with van der Waals surface area (Å²) in [6.45, 7) is 0. The second-order valence-corrected chi connectivity index (χ2v) is 4.67. The average molecular weight is 360 g/mol. The number of aromatic nitrogens is 4. The van der Waals surface area contributed by atoms with Crippen LogP contribution >= 0.6 is 0 Å². The molecule has 0 saturated carbocycles. The van der Waals surface area contributed by atoms with Crippen LogP contribution in [0.2, 0.25) is 0 Å². The Morgan fingerprint density at radius 2 is 1.83 bits per heavy atom. The Bertz CT molecular complexity index is 989. The standard InChI is InChI=1S/C7H8N4O2.C7H6O3.Ca.2H/c1-10-3-8-5-4(10)6(12)9-7(13)11(5)2;8-6-4-2-1-3-5(6)7(9)10;;;/h3H,1-2H3,(H,9,12,13);1-4,8H,(H,9,10);;;. The molecule has 0 aliphatic carbocycles. The van der Waals surface area contributed by atoms with Crippen molar-refractivity contribution in [2.75, 3.05) is 0 Å². The molecule has 3 aromatic rings. The van der Waals surface area contributed by atoms with Gasteiger partial charge in [-0.2, -0.15) is 0 Å². The van der Waals surface area contributed by atoms with Crippen LogP contribution in [-0.4, -0.2) is 73.0 Å². The number of imidazole rings is 1. The number of fused-ring (bicyclic) bond motifs is 1. The molecule has 2 aromatic heterocycles. The summed E-state index contributed by atoms with van der Waals surface area (Å²) in [5.41, 5.74) is -0.116. The van der Waals surface area contributed by atoms with Gasteiger partial charge < -0.3 is 14.8 Å². The number of aromatic amines is 1. The third kappa shape index (κ3) is 4.05. The van der Waals surface area contributed by atoms with Crippen molar-refractivity contribution >= 4 is 54.9 Å². The molecule has 0 aliphatic heterocycles. The van der Waals surface area contributed by atoms with Crippen LogP contribution < -0.4 is 11.2 Å². The molecule has 9 nitrogen and oxygen atoms in total. The van der Waals surface area contributed by atoms with Crippen LogP contribution in [0, 0.1) is 0 Å². The summed E-state index contributed by atoms with van der Waals surface area (Å²) < 4.78 is 2.88. The van der Waals surface area contributed by atoms with E-state index in [1.165, 1.54) is 23.0 Å². The predicted octanol–water partition coefficient (Wildman–Crippen LogP) is -0.865. The van der Waals surface area contributed by atoms with Crippen LogP contribution in [0.4, 0.5) is 0 Å². The fourth-order valence-corrected chi connectivity index (χ4v) is 1.92. The molecule has 3 rings (SSSR count). The average Bonchev–Trinajstić information content (AvgIpc) is 2.88. The zero-order valence-corrected chi connectivity index (χ0v) is 12.3. The van der Waals surface area contributed by atoms with Gasteiger partial charge in [0.25, 0.3) is 5.56 Å². The van der Waals surface area contributed by atoms with Crippen LogP contribution in [0.5, 0.6) is 5.75 Å². The fourth-order valence-electron chi connectivity index (χ4n) is 1.92. The van der Waals surface area contributed by atoms with Crippen molar-refractivity contribution in [3.8, 4) is 5.75 Å². The molecule has 0 radical (unpaired) electrons. The number of aromatic hydroxyl groups is 1. The Hall–Kier alpha value is -2.10. The first-order valence-corrected chi connectivity index (χ1v) is 6.44. The third-order valence-corrected chi connectivity index (χ3v) is 3.11. The quantitative estimate of drug-likeness (QED) is 0.484. The topological polar surface area (TPSA) is 130 Å². The molecule has 0 spiro atoms. The molecule has 0 amide bonds. The van der Waals surface area contributed by atoms with E-state index in [0.29, 0.717) is 11.2 Å². The molecule has 0 bridgehead atoms. The summed E-state index contributed by atoms with van der Waals surface area (Å²) in [5, 5.41) is 17.3. The first kappa shape index (κ1) is 19.9. The van der Waals surface area contributed by atoms with E-state index in [1.54, 1.807) is 30.8 Å². The number of phenols is 1. The summed E-state index contributed by atoms with van der Waals surface area (Å²) in [7, 11) is 3.27. The second kappa shape index (κ2) is 8.13. The van der Waals surface area contributed by atoms with E-state index in [2.05, 4.69) is 9.97 Å². The summed E-state index contributed by atoms with van der Waals surface area (Å²) >= 11 is 0. The Morgan fingerprint density at radius 3 is 2.38 bits per heavy atom. The van der Waals surface area contributed by atoms with Gasteiger partial charge in [-0.25, -0.2) is 14.6 Å². The normalized spacial score (nSPS) is 9.75. The minimum absolute atomic E-state index is 0. The number of carboxylic acids is 1. The predicted molar refractivity (Wildman–Crippen MR) is 90.2 cm³/mol. The van der Waals surface area contributed by atoms with Gasteiger partial charge in [0, 0.05) is 14.1 Å². The van der Waals surface area contributed by atoms with Crippen molar-refractivity contribution in [1.29, 1.82) is 0 Å². The van der Waals surface area contributed by atoms with E-state index in [0.717, 1.165) is 0 Å². The van der Waals surface area contributed by atoms with Gasteiger partial charge in [0.05, 0.1) is 6.33 Å². The van der Waals surface area contributed by atoms with Gasteiger partial charge in [-0.3, -0.25) is 14.3 Å². The van der Waals surface area contributed by atoms with Crippen molar-refractivity contribution in [2.24, 2.45) is 14.1 Å². The van der Waals surface area contributed by atoms with Crippen LogP contribution in [0.15, 0.2) is 40.2 Å². The van der Waals surface area contributed by atoms with Crippen LogP contribution in [-0.2, 0) is 14.1 Å². The van der Waals surface area contributed by atoms with Gasteiger partial charge in [-0.1, -0.05) is 12.1 Å². The number of aryl methyl sites for hydroxylation is 2. The van der Waals surface area contributed by atoms with E-state index in [-0.39, 0.29) is 49.1 Å². The summed E-state index contributed by atoms with van der Waals surface area (Å²) in [6.07, 6.45) is 1.50. The number of nitrogens with one attached hydrogen (secondary N) is 1. The van der Waals surface area contributed by atoms with Gasteiger partial charge in [0.2, 0.25) is 0 Å². The number of carboxylic acid groups (broad SMARTS) is 1. The zero-order valence-electron chi connectivity index (χ0n) is 12.3. The molecule has 124 valence electrons. The molecule has 0 fully saturated rings. The Morgan fingerprint density at radius 1 is 1.21 bits per heavy atom.